The molecular formula is C23H25NO2. The Morgan fingerprint density at radius 2 is 1.92 bits per heavy atom. The average molecular weight is 347 g/mol. The fourth-order valence-electron chi connectivity index (χ4n) is 4.22. The topological polar surface area (TPSA) is 41.7 Å². The third-order valence-corrected chi connectivity index (χ3v) is 5.95. The third-order valence-electron chi connectivity index (χ3n) is 5.95. The first-order valence-corrected chi connectivity index (χ1v) is 9.18. The molecule has 3 unspecified atom stereocenters. The third kappa shape index (κ3) is 3.51. The summed E-state index contributed by atoms with van der Waals surface area (Å²) in [6.07, 6.45) is 2.48. The van der Waals surface area contributed by atoms with Crippen molar-refractivity contribution >= 4 is 5.97 Å². The van der Waals surface area contributed by atoms with Crippen molar-refractivity contribution in [2.45, 2.75) is 45.1 Å². The van der Waals surface area contributed by atoms with E-state index in [9.17, 15) is 9.90 Å². The second kappa shape index (κ2) is 7.33. The van der Waals surface area contributed by atoms with Gasteiger partial charge in [-0.2, -0.15) is 0 Å². The summed E-state index contributed by atoms with van der Waals surface area (Å²) in [6.45, 7) is 12.1. The Kier molecular flexibility index (Phi) is 5.13. The van der Waals surface area contributed by atoms with E-state index >= 15 is 0 Å². The highest BCUT2D eigenvalue weighted by atomic mass is 16.4. The SMILES string of the molecule is [C-]#[N+]C1(c2ccc(C)c(C)c2)CCC(C(=O)O)C(Cc2ccccc2)C1. The molecule has 0 radical (unpaired) electrons. The Labute approximate surface area is 155 Å². The zero-order valence-electron chi connectivity index (χ0n) is 15.4. The van der Waals surface area contributed by atoms with Crippen LogP contribution in [0.5, 0.6) is 0 Å². The second-order valence-corrected chi connectivity index (χ2v) is 7.58. The van der Waals surface area contributed by atoms with Crippen molar-refractivity contribution < 1.29 is 9.90 Å². The lowest BCUT2D eigenvalue weighted by molar-refractivity contribution is -0.145. The van der Waals surface area contributed by atoms with Gasteiger partial charge in [0.1, 0.15) is 0 Å². The maximum absolute atomic E-state index is 11.8. The summed E-state index contributed by atoms with van der Waals surface area (Å²) in [4.78, 5) is 15.9. The number of nitrogens with zero attached hydrogens (tertiary/aromatic N) is 1. The summed E-state index contributed by atoms with van der Waals surface area (Å²) in [6, 6.07) is 16.3. The van der Waals surface area contributed by atoms with Gasteiger partial charge in [0.05, 0.1) is 5.92 Å². The van der Waals surface area contributed by atoms with Gasteiger partial charge < -0.3 is 9.95 Å². The van der Waals surface area contributed by atoms with Crippen molar-refractivity contribution in [3.63, 3.8) is 0 Å². The van der Waals surface area contributed by atoms with Gasteiger partial charge in [0.15, 0.2) is 0 Å². The Morgan fingerprint density at radius 3 is 2.54 bits per heavy atom. The minimum Gasteiger partial charge on any atom is -0.481 e. The number of benzene rings is 2. The molecule has 3 nitrogen and oxygen atoms in total. The Bertz CT molecular complexity index is 837. The zero-order valence-corrected chi connectivity index (χ0v) is 15.4. The van der Waals surface area contributed by atoms with Crippen molar-refractivity contribution in [2.75, 3.05) is 0 Å². The number of hydrogen-bond donors (Lipinski definition) is 1. The van der Waals surface area contributed by atoms with Crippen molar-refractivity contribution in [3.8, 4) is 0 Å². The molecule has 1 fully saturated rings. The van der Waals surface area contributed by atoms with Crippen molar-refractivity contribution in [3.05, 3.63) is 82.2 Å². The first kappa shape index (κ1) is 18.2. The largest absolute Gasteiger partial charge is 0.481 e. The molecule has 2 aromatic rings. The molecule has 0 bridgehead atoms. The van der Waals surface area contributed by atoms with Crippen LogP contribution in [0.25, 0.3) is 4.85 Å². The molecule has 0 aliphatic heterocycles. The smallest absolute Gasteiger partial charge is 0.306 e. The van der Waals surface area contributed by atoms with E-state index in [4.69, 9.17) is 6.57 Å². The lowest BCUT2D eigenvalue weighted by Crippen LogP contribution is -2.39. The molecule has 0 saturated heterocycles. The number of aryl methyl sites for hydroxylation is 2. The van der Waals surface area contributed by atoms with E-state index in [1.54, 1.807) is 0 Å². The number of hydrogen-bond acceptors (Lipinski definition) is 1. The van der Waals surface area contributed by atoms with Gasteiger partial charge in [-0.15, -0.1) is 0 Å². The van der Waals surface area contributed by atoms with E-state index in [1.165, 1.54) is 11.1 Å². The zero-order chi connectivity index (χ0) is 18.7. The average Bonchev–Trinajstić information content (AvgIpc) is 2.64. The van der Waals surface area contributed by atoms with Crippen LogP contribution in [-0.2, 0) is 16.8 Å². The first-order valence-electron chi connectivity index (χ1n) is 9.18. The molecule has 3 heteroatoms. The summed E-state index contributed by atoms with van der Waals surface area (Å²) in [5.41, 5.74) is 3.98. The van der Waals surface area contributed by atoms with Crippen molar-refractivity contribution in [2.24, 2.45) is 11.8 Å². The number of carboxylic acid groups (broad SMARTS) is 1. The lowest BCUT2D eigenvalue weighted by Gasteiger charge is -2.36. The molecule has 2 aromatic carbocycles. The molecule has 1 aliphatic rings. The highest BCUT2D eigenvalue weighted by Gasteiger charge is 2.49. The predicted molar refractivity (Wildman–Crippen MR) is 103 cm³/mol. The number of carboxylic acids is 1. The van der Waals surface area contributed by atoms with Gasteiger partial charge >= 0.3 is 5.97 Å². The van der Waals surface area contributed by atoms with Gasteiger partial charge in [-0.25, -0.2) is 6.57 Å². The van der Waals surface area contributed by atoms with E-state index in [-0.39, 0.29) is 11.8 Å². The Morgan fingerprint density at radius 1 is 1.19 bits per heavy atom. The van der Waals surface area contributed by atoms with Gasteiger partial charge in [0, 0.05) is 18.4 Å². The predicted octanol–water partition coefficient (Wildman–Crippen LogP) is 5.16. The van der Waals surface area contributed by atoms with Gasteiger partial charge in [-0.1, -0.05) is 42.5 Å². The van der Waals surface area contributed by atoms with Crippen LogP contribution in [0.2, 0.25) is 0 Å². The molecule has 0 aromatic heterocycles. The number of rotatable bonds is 4. The van der Waals surface area contributed by atoms with Crippen LogP contribution < -0.4 is 0 Å². The molecule has 0 heterocycles. The fourth-order valence-corrected chi connectivity index (χ4v) is 4.22. The summed E-state index contributed by atoms with van der Waals surface area (Å²) >= 11 is 0. The maximum Gasteiger partial charge on any atom is 0.306 e. The monoisotopic (exact) mass is 347 g/mol. The van der Waals surface area contributed by atoms with Crippen LogP contribution >= 0.6 is 0 Å². The van der Waals surface area contributed by atoms with E-state index in [0.717, 1.165) is 11.1 Å². The quantitative estimate of drug-likeness (QED) is 0.776. The molecule has 3 atom stereocenters. The van der Waals surface area contributed by atoms with Gasteiger partial charge in [0.25, 0.3) is 5.54 Å². The molecule has 1 N–H and O–H groups in total. The molecule has 3 rings (SSSR count). The summed E-state index contributed by atoms with van der Waals surface area (Å²) in [5, 5.41) is 9.70. The van der Waals surface area contributed by atoms with Crippen LogP contribution in [0.3, 0.4) is 0 Å². The summed E-state index contributed by atoms with van der Waals surface area (Å²) in [5.74, 6) is -1.14. The normalized spacial score (nSPS) is 25.4. The molecular weight excluding hydrogens is 322 g/mol. The maximum atomic E-state index is 11.8. The fraction of sp³-hybridized carbons (Fsp3) is 0.391. The van der Waals surface area contributed by atoms with Crippen LogP contribution in [0.1, 0.15) is 41.5 Å². The van der Waals surface area contributed by atoms with Crippen LogP contribution in [0.15, 0.2) is 48.5 Å². The summed E-state index contributed by atoms with van der Waals surface area (Å²) < 4.78 is 0. The van der Waals surface area contributed by atoms with E-state index in [1.807, 2.05) is 30.3 Å². The van der Waals surface area contributed by atoms with Crippen molar-refractivity contribution in [1.82, 2.24) is 0 Å². The van der Waals surface area contributed by atoms with E-state index in [2.05, 4.69) is 36.9 Å². The number of carbonyl (C=O) groups is 1. The van der Waals surface area contributed by atoms with Crippen LogP contribution in [-0.4, -0.2) is 11.1 Å². The minimum absolute atomic E-state index is 0.0284. The Hall–Kier alpha value is -2.60. The first-order chi connectivity index (χ1) is 12.4. The standard InChI is InChI=1S/C23H25NO2/c1-16-9-10-20(13-17(16)2)23(24-3)12-11-21(22(25)26)19(15-23)14-18-7-5-4-6-8-18/h4-10,13,19,21H,11-12,14-15H2,1-2H3,(H,25,26). The number of aliphatic carboxylic acids is 1. The van der Waals surface area contributed by atoms with Gasteiger partial charge in [0.2, 0.25) is 0 Å². The molecule has 1 aliphatic carbocycles. The highest BCUT2D eigenvalue weighted by Crippen LogP contribution is 2.47. The minimum atomic E-state index is -0.732. The molecule has 26 heavy (non-hydrogen) atoms. The van der Waals surface area contributed by atoms with Gasteiger partial charge in [-0.05, 0) is 55.4 Å². The molecule has 1 saturated carbocycles. The summed E-state index contributed by atoms with van der Waals surface area (Å²) in [7, 11) is 0. The van der Waals surface area contributed by atoms with E-state index in [0.29, 0.717) is 25.7 Å². The highest BCUT2D eigenvalue weighted by molar-refractivity contribution is 5.70. The molecule has 134 valence electrons. The van der Waals surface area contributed by atoms with E-state index < -0.39 is 11.5 Å². The lowest BCUT2D eigenvalue weighted by atomic mass is 9.66. The van der Waals surface area contributed by atoms with Crippen LogP contribution in [0.4, 0.5) is 0 Å². The molecule has 0 amide bonds. The van der Waals surface area contributed by atoms with Crippen molar-refractivity contribution in [1.29, 1.82) is 0 Å². The second-order valence-electron chi connectivity index (χ2n) is 7.58. The van der Waals surface area contributed by atoms with Gasteiger partial charge in [-0.3, -0.25) is 4.79 Å². The van der Waals surface area contributed by atoms with Crippen LogP contribution in [0, 0.1) is 32.3 Å². The Balaban J connectivity index is 1.94. The molecule has 0 spiro atoms.